The van der Waals surface area contributed by atoms with Gasteiger partial charge in [0.25, 0.3) is 0 Å². The summed E-state index contributed by atoms with van der Waals surface area (Å²) in [4.78, 5) is 11.4. The molecule has 3 atom stereocenters. The zero-order chi connectivity index (χ0) is 13.3. The van der Waals surface area contributed by atoms with Gasteiger partial charge in [0.2, 0.25) is 0 Å². The van der Waals surface area contributed by atoms with Crippen LogP contribution in [0.1, 0.15) is 39.5 Å². The molecule has 2 saturated carbocycles. The van der Waals surface area contributed by atoms with E-state index >= 15 is 0 Å². The normalized spacial score (nSPS) is 29.4. The van der Waals surface area contributed by atoms with E-state index < -0.39 is 6.09 Å². The summed E-state index contributed by atoms with van der Waals surface area (Å²) >= 11 is 0. The molecular weight excluding hydrogens is 228 g/mol. The second kappa shape index (κ2) is 5.21. The SMILES string of the molecule is C=C([C@H]1CC2CCC1C2)N(NC(=O)OC)C(C)C. The van der Waals surface area contributed by atoms with Crippen LogP contribution in [0.25, 0.3) is 0 Å². The minimum atomic E-state index is -0.423. The van der Waals surface area contributed by atoms with Gasteiger partial charge in [-0.2, -0.15) is 0 Å². The molecule has 2 fully saturated rings. The Morgan fingerprint density at radius 2 is 2.11 bits per heavy atom. The van der Waals surface area contributed by atoms with Crippen LogP contribution in [0.4, 0.5) is 4.79 Å². The summed E-state index contributed by atoms with van der Waals surface area (Å²) in [7, 11) is 1.38. The van der Waals surface area contributed by atoms with Gasteiger partial charge in [-0.25, -0.2) is 10.2 Å². The summed E-state index contributed by atoms with van der Waals surface area (Å²) in [5.41, 5.74) is 3.82. The lowest BCUT2D eigenvalue weighted by Gasteiger charge is -2.36. The van der Waals surface area contributed by atoms with Gasteiger partial charge >= 0.3 is 6.09 Å². The van der Waals surface area contributed by atoms with E-state index in [1.165, 1.54) is 32.8 Å². The number of hydrazine groups is 1. The summed E-state index contributed by atoms with van der Waals surface area (Å²) in [6.45, 7) is 8.32. The number of methoxy groups -OCH3 is 1. The fraction of sp³-hybridized carbons (Fsp3) is 0.786. The van der Waals surface area contributed by atoms with Crippen molar-refractivity contribution in [2.45, 2.75) is 45.6 Å². The number of ether oxygens (including phenoxy) is 1. The molecule has 0 aromatic rings. The van der Waals surface area contributed by atoms with Gasteiger partial charge in [-0.1, -0.05) is 13.0 Å². The third kappa shape index (κ3) is 2.47. The number of rotatable bonds is 4. The summed E-state index contributed by atoms with van der Waals surface area (Å²) in [6, 6.07) is 0.190. The smallest absolute Gasteiger partial charge is 0.425 e. The Morgan fingerprint density at radius 3 is 2.56 bits per heavy atom. The molecule has 0 aromatic carbocycles. The molecule has 18 heavy (non-hydrogen) atoms. The molecule has 2 aliphatic carbocycles. The molecule has 0 aromatic heterocycles. The molecular formula is C14H24N2O2. The van der Waals surface area contributed by atoms with Crippen LogP contribution >= 0.6 is 0 Å². The molecule has 0 heterocycles. The maximum absolute atomic E-state index is 11.4. The predicted octanol–water partition coefficient (Wildman–Crippen LogP) is 2.92. The third-order valence-corrected chi connectivity index (χ3v) is 4.39. The Morgan fingerprint density at radius 1 is 1.39 bits per heavy atom. The first-order valence-electron chi connectivity index (χ1n) is 6.85. The van der Waals surface area contributed by atoms with Crippen LogP contribution in [0.5, 0.6) is 0 Å². The van der Waals surface area contributed by atoms with Crippen LogP contribution in [-0.2, 0) is 4.74 Å². The minimum Gasteiger partial charge on any atom is -0.452 e. The highest BCUT2D eigenvalue weighted by atomic mass is 16.5. The van der Waals surface area contributed by atoms with Gasteiger partial charge in [0.15, 0.2) is 0 Å². The molecule has 2 bridgehead atoms. The van der Waals surface area contributed by atoms with Crippen molar-refractivity contribution < 1.29 is 9.53 Å². The van der Waals surface area contributed by atoms with E-state index in [0.29, 0.717) is 5.92 Å². The monoisotopic (exact) mass is 252 g/mol. The second-order valence-corrected chi connectivity index (χ2v) is 5.84. The Balaban J connectivity index is 2.02. The highest BCUT2D eigenvalue weighted by molar-refractivity contribution is 5.66. The topological polar surface area (TPSA) is 41.6 Å². The van der Waals surface area contributed by atoms with Crippen LogP contribution in [0.15, 0.2) is 12.3 Å². The van der Waals surface area contributed by atoms with Crippen molar-refractivity contribution in [2.75, 3.05) is 7.11 Å². The van der Waals surface area contributed by atoms with E-state index in [-0.39, 0.29) is 6.04 Å². The van der Waals surface area contributed by atoms with Crippen LogP contribution < -0.4 is 5.43 Å². The summed E-state index contributed by atoms with van der Waals surface area (Å²) in [5, 5.41) is 1.87. The average Bonchev–Trinajstić information content (AvgIpc) is 2.96. The van der Waals surface area contributed by atoms with Gasteiger partial charge in [-0.15, -0.1) is 0 Å². The second-order valence-electron chi connectivity index (χ2n) is 5.84. The molecule has 2 unspecified atom stereocenters. The fourth-order valence-corrected chi connectivity index (χ4v) is 3.51. The van der Waals surface area contributed by atoms with E-state index in [1.54, 1.807) is 0 Å². The van der Waals surface area contributed by atoms with Crippen molar-refractivity contribution in [3.63, 3.8) is 0 Å². The summed E-state index contributed by atoms with van der Waals surface area (Å²) < 4.78 is 4.67. The number of nitrogens with one attached hydrogen (secondary N) is 1. The largest absolute Gasteiger partial charge is 0.452 e. The summed E-state index contributed by atoms with van der Waals surface area (Å²) in [6.07, 6.45) is 4.84. The zero-order valence-corrected chi connectivity index (χ0v) is 11.6. The molecule has 4 nitrogen and oxygen atoms in total. The molecule has 2 rings (SSSR count). The van der Waals surface area contributed by atoms with Crippen LogP contribution in [0.2, 0.25) is 0 Å². The molecule has 4 heteroatoms. The quantitative estimate of drug-likeness (QED) is 0.782. The lowest BCUT2D eigenvalue weighted by atomic mass is 9.86. The van der Waals surface area contributed by atoms with Gasteiger partial charge in [0.1, 0.15) is 0 Å². The number of fused-ring (bicyclic) bond motifs is 2. The maximum atomic E-state index is 11.4. The molecule has 1 amide bonds. The van der Waals surface area contributed by atoms with Gasteiger partial charge in [-0.05, 0) is 44.9 Å². The molecule has 102 valence electrons. The van der Waals surface area contributed by atoms with Crippen molar-refractivity contribution in [3.8, 4) is 0 Å². The van der Waals surface area contributed by atoms with Crippen LogP contribution in [0, 0.1) is 17.8 Å². The number of hydrogen-bond acceptors (Lipinski definition) is 3. The van der Waals surface area contributed by atoms with E-state index in [2.05, 4.69) is 16.7 Å². The molecule has 2 aliphatic rings. The van der Waals surface area contributed by atoms with Crippen molar-refractivity contribution in [3.05, 3.63) is 12.3 Å². The predicted molar refractivity (Wildman–Crippen MR) is 70.6 cm³/mol. The number of allylic oxidation sites excluding steroid dienone is 1. The standard InChI is InChI=1S/C14H24N2O2/c1-9(2)16(15-14(17)18-4)10(3)13-8-11-5-6-12(13)7-11/h9,11-13H,3,5-8H2,1-2,4H3,(H,15,17)/t11?,12?,13-/m1/s1. The van der Waals surface area contributed by atoms with Crippen molar-refractivity contribution in [1.29, 1.82) is 0 Å². The lowest BCUT2D eigenvalue weighted by Crippen LogP contribution is -2.47. The van der Waals surface area contributed by atoms with Gasteiger partial charge in [0, 0.05) is 17.7 Å². The first-order chi connectivity index (χ1) is 8.52. The number of carbonyl (C=O) groups excluding carboxylic acids is 1. The Labute approximate surface area is 109 Å². The Kier molecular flexibility index (Phi) is 3.83. The zero-order valence-electron chi connectivity index (χ0n) is 11.6. The van der Waals surface area contributed by atoms with Gasteiger partial charge in [0.05, 0.1) is 7.11 Å². The minimum absolute atomic E-state index is 0.190. The molecule has 0 radical (unpaired) electrons. The number of amides is 1. The molecule has 0 spiro atoms. The lowest BCUT2D eigenvalue weighted by molar-refractivity contribution is 0.113. The third-order valence-electron chi connectivity index (χ3n) is 4.39. The molecule has 0 saturated heterocycles. The highest BCUT2D eigenvalue weighted by Gasteiger charge is 2.42. The van der Waals surface area contributed by atoms with Gasteiger partial charge in [-0.3, -0.25) is 5.01 Å². The maximum Gasteiger partial charge on any atom is 0.425 e. The van der Waals surface area contributed by atoms with E-state index in [4.69, 9.17) is 0 Å². The molecule has 0 aliphatic heterocycles. The number of hydrogen-bond donors (Lipinski definition) is 1. The number of nitrogens with zero attached hydrogens (tertiary/aromatic N) is 1. The van der Waals surface area contributed by atoms with E-state index in [0.717, 1.165) is 17.5 Å². The van der Waals surface area contributed by atoms with Crippen LogP contribution in [-0.4, -0.2) is 24.3 Å². The first-order valence-corrected chi connectivity index (χ1v) is 6.85. The number of carbonyl (C=O) groups is 1. The summed E-state index contributed by atoms with van der Waals surface area (Å²) in [5.74, 6) is 2.18. The highest BCUT2D eigenvalue weighted by Crippen LogP contribution is 2.51. The van der Waals surface area contributed by atoms with Crippen molar-refractivity contribution in [2.24, 2.45) is 17.8 Å². The first kappa shape index (κ1) is 13.2. The van der Waals surface area contributed by atoms with E-state index in [9.17, 15) is 4.79 Å². The average molecular weight is 252 g/mol. The fourth-order valence-electron chi connectivity index (χ4n) is 3.51. The van der Waals surface area contributed by atoms with Gasteiger partial charge < -0.3 is 4.74 Å². The Hall–Kier alpha value is -1.19. The van der Waals surface area contributed by atoms with Crippen molar-refractivity contribution in [1.82, 2.24) is 10.4 Å². The van der Waals surface area contributed by atoms with Crippen LogP contribution in [0.3, 0.4) is 0 Å². The van der Waals surface area contributed by atoms with Crippen molar-refractivity contribution >= 4 is 6.09 Å². The van der Waals surface area contributed by atoms with E-state index in [1.807, 2.05) is 18.9 Å². The molecule has 1 N–H and O–H groups in total. The Bertz CT molecular complexity index is 341.